The van der Waals surface area contributed by atoms with Gasteiger partial charge >= 0.3 is 17.1 Å². The van der Waals surface area contributed by atoms with Crippen molar-refractivity contribution in [3.63, 3.8) is 0 Å². The number of hydrogen-bond acceptors (Lipinski definition) is 2. The third-order valence-corrected chi connectivity index (χ3v) is 3.64. The maximum atomic E-state index is 10.2. The molecule has 0 rings (SSSR count). The molecule has 0 aliphatic heterocycles. The van der Waals surface area contributed by atoms with Gasteiger partial charge in [-0.15, -0.1) is 0 Å². The molecule has 0 aromatic carbocycles. The smallest absolute Gasteiger partial charge is 2.00 e. The van der Waals surface area contributed by atoms with E-state index in [0.717, 1.165) is 19.3 Å². The van der Waals surface area contributed by atoms with Gasteiger partial charge in [0.05, 0.1) is 0 Å². The molecule has 0 aliphatic rings. The largest absolute Gasteiger partial charge is 3.00 e. The third kappa shape index (κ3) is 24.7. The molecule has 0 N–H and O–H groups in total. The Kier molecular flexibility index (Phi) is 27.7. The number of unbranched alkanes of at least 4 members (excludes halogenated alkanes) is 11. The zero-order valence-electron chi connectivity index (χ0n) is 14.1. The first kappa shape index (κ1) is 26.6. The van der Waals surface area contributed by atoms with Crippen LogP contribution in [0.1, 0.15) is 96.8 Å². The number of allylic oxidation sites excluding steroid dienone is 2. The summed E-state index contributed by atoms with van der Waals surface area (Å²) < 4.78 is 0. The fraction of sp³-hybridized carbons (Fsp3) is 0.833. The fourth-order valence-electron chi connectivity index (χ4n) is 2.34. The molecule has 0 atom stereocenters. The molecule has 0 amide bonds. The van der Waals surface area contributed by atoms with Gasteiger partial charge in [-0.1, -0.05) is 70.4 Å². The Morgan fingerprint density at radius 2 is 1.18 bits per heavy atom. The van der Waals surface area contributed by atoms with E-state index in [0.29, 0.717) is 0 Å². The minimum atomic E-state index is -0.914. The van der Waals surface area contributed by atoms with Gasteiger partial charge in [-0.2, -0.15) is 0 Å². The SMILES string of the molecule is CCCCCCCC/C=C\CCCCCCCC(=O)[O-].[Fe+3].[O-2]. The topological polar surface area (TPSA) is 68.6 Å². The number of carbonyl (C=O) groups is 1. The van der Waals surface area contributed by atoms with Gasteiger partial charge in [-0.3, -0.25) is 0 Å². The molecule has 0 heterocycles. The summed E-state index contributed by atoms with van der Waals surface area (Å²) in [6, 6.07) is 0. The molecular weight excluding hydrogens is 320 g/mol. The van der Waals surface area contributed by atoms with Gasteiger partial charge in [0.15, 0.2) is 0 Å². The summed E-state index contributed by atoms with van der Waals surface area (Å²) >= 11 is 0. The quantitative estimate of drug-likeness (QED) is 0.244. The third-order valence-electron chi connectivity index (χ3n) is 3.64. The van der Waals surface area contributed by atoms with Gasteiger partial charge in [0.25, 0.3) is 0 Å². The van der Waals surface area contributed by atoms with Crippen LogP contribution in [0.3, 0.4) is 0 Å². The summed E-state index contributed by atoms with van der Waals surface area (Å²) in [5, 5.41) is 10.2. The molecule has 0 spiro atoms. The van der Waals surface area contributed by atoms with Crippen LogP contribution in [0, 0.1) is 0 Å². The number of carbonyl (C=O) groups excluding carboxylic acids is 1. The summed E-state index contributed by atoms with van der Waals surface area (Å²) in [5.74, 6) is -0.914. The second-order valence-corrected chi connectivity index (χ2v) is 5.71. The van der Waals surface area contributed by atoms with E-state index in [1.54, 1.807) is 0 Å². The molecule has 0 aromatic heterocycles. The number of carboxylic acid groups (broad SMARTS) is 1. The first-order chi connectivity index (χ1) is 9.77. The molecule has 1 radical (unpaired) electrons. The van der Waals surface area contributed by atoms with E-state index in [1.807, 2.05) is 0 Å². The molecule has 0 fully saturated rings. The molecule has 0 bridgehead atoms. The zero-order valence-corrected chi connectivity index (χ0v) is 15.2. The van der Waals surface area contributed by atoms with E-state index < -0.39 is 5.97 Å². The van der Waals surface area contributed by atoms with Crippen LogP contribution in [0.4, 0.5) is 0 Å². The first-order valence-corrected chi connectivity index (χ1v) is 8.62. The Hall–Kier alpha value is -0.311. The molecule has 0 saturated carbocycles. The van der Waals surface area contributed by atoms with Gasteiger partial charge in [0, 0.05) is 5.97 Å². The summed E-state index contributed by atoms with van der Waals surface area (Å²) in [5.41, 5.74) is 0. The molecule has 0 aromatic rings. The van der Waals surface area contributed by atoms with Crippen molar-refractivity contribution in [2.75, 3.05) is 0 Å². The number of rotatable bonds is 15. The van der Waals surface area contributed by atoms with Crippen molar-refractivity contribution < 1.29 is 32.4 Å². The summed E-state index contributed by atoms with van der Waals surface area (Å²) in [4.78, 5) is 10.2. The Morgan fingerprint density at radius 3 is 1.64 bits per heavy atom. The molecule has 3 nitrogen and oxygen atoms in total. The van der Waals surface area contributed by atoms with Crippen LogP contribution in [0.2, 0.25) is 0 Å². The van der Waals surface area contributed by atoms with Crippen molar-refractivity contribution in [2.24, 2.45) is 0 Å². The van der Waals surface area contributed by atoms with E-state index >= 15 is 0 Å². The molecule has 4 heteroatoms. The van der Waals surface area contributed by atoms with Crippen molar-refractivity contribution in [1.29, 1.82) is 0 Å². The van der Waals surface area contributed by atoms with E-state index in [9.17, 15) is 9.90 Å². The number of carboxylic acids is 1. The van der Waals surface area contributed by atoms with E-state index in [2.05, 4.69) is 19.1 Å². The first-order valence-electron chi connectivity index (χ1n) is 8.62. The van der Waals surface area contributed by atoms with Gasteiger partial charge in [-0.25, -0.2) is 0 Å². The van der Waals surface area contributed by atoms with Crippen LogP contribution in [0.15, 0.2) is 12.2 Å². The van der Waals surface area contributed by atoms with E-state index in [4.69, 9.17) is 0 Å². The van der Waals surface area contributed by atoms with Crippen LogP contribution in [0.5, 0.6) is 0 Å². The normalized spacial score (nSPS) is 10.2. The van der Waals surface area contributed by atoms with Crippen molar-refractivity contribution in [1.82, 2.24) is 0 Å². The predicted octanol–water partition coefficient (Wildman–Crippen LogP) is 4.65. The van der Waals surface area contributed by atoms with Crippen molar-refractivity contribution >= 4 is 5.97 Å². The predicted molar refractivity (Wildman–Crippen MR) is 85.1 cm³/mol. The second kappa shape index (κ2) is 23.0. The Balaban J connectivity index is -0.00000180. The molecular formula is C18H33FeO3. The van der Waals surface area contributed by atoms with Gasteiger partial charge in [0.2, 0.25) is 0 Å². The monoisotopic (exact) mass is 353 g/mol. The zero-order chi connectivity index (χ0) is 14.9. The van der Waals surface area contributed by atoms with Crippen molar-refractivity contribution in [2.45, 2.75) is 96.8 Å². The van der Waals surface area contributed by atoms with E-state index in [-0.39, 0.29) is 29.0 Å². The Bertz CT molecular complexity index is 242. The Labute approximate surface area is 147 Å². The van der Waals surface area contributed by atoms with Gasteiger partial charge < -0.3 is 15.4 Å². The number of aliphatic carboxylic acids is 1. The fourth-order valence-corrected chi connectivity index (χ4v) is 2.34. The van der Waals surface area contributed by atoms with Crippen LogP contribution in [0.25, 0.3) is 0 Å². The van der Waals surface area contributed by atoms with Crippen molar-refractivity contribution in [3.8, 4) is 0 Å². The molecule has 131 valence electrons. The molecule has 22 heavy (non-hydrogen) atoms. The van der Waals surface area contributed by atoms with Gasteiger partial charge in [-0.05, 0) is 38.5 Å². The molecule has 0 unspecified atom stereocenters. The summed E-state index contributed by atoms with van der Waals surface area (Å²) in [6.45, 7) is 2.26. The average molecular weight is 353 g/mol. The van der Waals surface area contributed by atoms with Gasteiger partial charge in [0.1, 0.15) is 0 Å². The Morgan fingerprint density at radius 1 is 0.773 bits per heavy atom. The standard InChI is InChI=1S/C18H34O2.Fe.O/c1-2-3-4-5-6-7-8-9-10-11-12-13-14-15-16-17-18(19)20;;/h9-10H,2-8,11-17H2,1H3,(H,19,20);;/q;+3;-2/p-1/b10-9-;;. The van der Waals surface area contributed by atoms with Crippen LogP contribution < -0.4 is 5.11 Å². The van der Waals surface area contributed by atoms with Crippen LogP contribution in [-0.4, -0.2) is 5.97 Å². The number of hydrogen-bond donors (Lipinski definition) is 0. The summed E-state index contributed by atoms with van der Waals surface area (Å²) in [7, 11) is 0. The summed E-state index contributed by atoms with van der Waals surface area (Å²) in [6.07, 6.45) is 20.9. The molecule has 0 aliphatic carbocycles. The van der Waals surface area contributed by atoms with Crippen molar-refractivity contribution in [3.05, 3.63) is 12.2 Å². The molecule has 0 saturated heterocycles. The maximum absolute atomic E-state index is 10.2. The maximum Gasteiger partial charge on any atom is 3.00 e. The second-order valence-electron chi connectivity index (χ2n) is 5.71. The average Bonchev–Trinajstić information content (AvgIpc) is 2.43. The minimum absolute atomic E-state index is 0. The van der Waals surface area contributed by atoms with E-state index in [1.165, 1.54) is 64.2 Å². The minimum Gasteiger partial charge on any atom is -2.00 e. The van der Waals surface area contributed by atoms with Crippen LogP contribution in [-0.2, 0) is 27.3 Å². The van der Waals surface area contributed by atoms with Crippen LogP contribution >= 0.6 is 0 Å².